The summed E-state index contributed by atoms with van der Waals surface area (Å²) < 4.78 is 32.3. The van der Waals surface area contributed by atoms with Crippen molar-refractivity contribution in [2.24, 2.45) is 16.3 Å². The van der Waals surface area contributed by atoms with E-state index in [0.29, 0.717) is 0 Å². The third-order valence-corrected chi connectivity index (χ3v) is 3.39. The molecular formula is C18H28F2N4O3. The highest BCUT2D eigenvalue weighted by molar-refractivity contribution is 5.98. The molecule has 1 aromatic rings. The van der Waals surface area contributed by atoms with E-state index in [9.17, 15) is 18.7 Å². The number of nitrogens with one attached hydrogen (secondary N) is 2. The summed E-state index contributed by atoms with van der Waals surface area (Å²) in [5.41, 5.74) is 6.32. The number of rotatable bonds is 6. The number of nitrogens with two attached hydrogens (primary N) is 1. The molecule has 0 heterocycles. The molecule has 1 rings (SSSR count). The molecule has 1 amide bonds. The number of nitrogens with zero attached hydrogens (tertiary/aromatic N) is 1. The normalized spacial score (nSPS) is 15.4. The Bertz CT molecular complexity index is 697. The molecule has 5 N–H and O–H groups in total. The van der Waals surface area contributed by atoms with Crippen molar-refractivity contribution in [3.05, 3.63) is 35.4 Å². The molecule has 0 saturated heterocycles. The number of halogens is 2. The summed E-state index contributed by atoms with van der Waals surface area (Å²) in [5, 5.41) is 16.3. The van der Waals surface area contributed by atoms with Gasteiger partial charge in [0.2, 0.25) is 6.41 Å². The maximum atomic E-state index is 13.7. The first-order valence-corrected chi connectivity index (χ1v) is 8.41. The number of benzene rings is 1. The fraction of sp³-hybridized carbons (Fsp3) is 0.556. The number of hydrazone groups is 1. The van der Waals surface area contributed by atoms with Crippen LogP contribution in [0.15, 0.2) is 23.3 Å². The Morgan fingerprint density at radius 3 is 2.33 bits per heavy atom. The van der Waals surface area contributed by atoms with Gasteiger partial charge >= 0.3 is 0 Å². The molecule has 27 heavy (non-hydrogen) atoms. The number of hydrogen-bond acceptors (Lipinski definition) is 5. The van der Waals surface area contributed by atoms with Gasteiger partial charge in [0.1, 0.15) is 11.6 Å². The summed E-state index contributed by atoms with van der Waals surface area (Å²) >= 11 is 0. The van der Waals surface area contributed by atoms with Crippen molar-refractivity contribution in [3.8, 4) is 0 Å². The summed E-state index contributed by atoms with van der Waals surface area (Å²) in [5.74, 6) is -2.47. The molecule has 1 aromatic carbocycles. The second-order valence-electron chi connectivity index (χ2n) is 8.15. The van der Waals surface area contributed by atoms with Gasteiger partial charge in [-0.3, -0.25) is 10.1 Å². The summed E-state index contributed by atoms with van der Waals surface area (Å²) in [6.45, 7) is 10.6. The zero-order chi connectivity index (χ0) is 21.0. The van der Waals surface area contributed by atoms with E-state index in [1.165, 1.54) is 0 Å². The van der Waals surface area contributed by atoms with E-state index in [-0.39, 0.29) is 11.4 Å². The van der Waals surface area contributed by atoms with Crippen LogP contribution in [-0.4, -0.2) is 34.9 Å². The Balaban J connectivity index is 2.92. The lowest BCUT2D eigenvalue weighted by atomic mass is 9.86. The third-order valence-electron chi connectivity index (χ3n) is 3.39. The first-order chi connectivity index (χ1) is 12.2. The number of amides is 1. The minimum atomic E-state index is -1.40. The molecule has 2 unspecified atom stereocenters. The lowest BCUT2D eigenvalue weighted by Crippen LogP contribution is -2.55. The maximum absolute atomic E-state index is 13.7. The number of carbonyl (C=O) groups is 1. The van der Waals surface area contributed by atoms with Crippen LogP contribution in [0.2, 0.25) is 0 Å². The molecule has 0 spiro atoms. The summed E-state index contributed by atoms with van der Waals surface area (Å²) in [6, 6.07) is 1.82. The second kappa shape index (κ2) is 8.73. The van der Waals surface area contributed by atoms with E-state index >= 15 is 0 Å². The summed E-state index contributed by atoms with van der Waals surface area (Å²) in [7, 11) is 0. The molecule has 0 aromatic heterocycles. The predicted octanol–water partition coefficient (Wildman–Crippen LogP) is 1.80. The lowest BCUT2D eigenvalue weighted by molar-refractivity contribution is -0.190. The molecular weight excluding hydrogens is 358 g/mol. The van der Waals surface area contributed by atoms with Crippen LogP contribution in [0.5, 0.6) is 0 Å². The Morgan fingerprint density at radius 1 is 1.22 bits per heavy atom. The van der Waals surface area contributed by atoms with E-state index < -0.39 is 41.0 Å². The minimum Gasteiger partial charge on any atom is -0.382 e. The highest BCUT2D eigenvalue weighted by Crippen LogP contribution is 2.21. The molecule has 0 aliphatic rings. The molecule has 0 fully saturated rings. The molecule has 2 atom stereocenters. The number of carbonyl (C=O) groups excluding carboxylic acids is 1. The highest BCUT2D eigenvalue weighted by atomic mass is 19.1. The SMILES string of the molecule is CC(C)(C)OC(O)NC(C(=O)N/N=C(/N)c1cc(F)ccc1F)C(C)(C)C. The fourth-order valence-corrected chi connectivity index (χ4v) is 2.16. The van der Waals surface area contributed by atoms with Gasteiger partial charge in [-0.25, -0.2) is 14.2 Å². The summed E-state index contributed by atoms with van der Waals surface area (Å²) in [4.78, 5) is 12.5. The Hall–Kier alpha value is -2.10. The second-order valence-corrected chi connectivity index (χ2v) is 8.15. The maximum Gasteiger partial charge on any atom is 0.257 e. The van der Waals surface area contributed by atoms with Crippen LogP contribution >= 0.6 is 0 Å². The first kappa shape index (κ1) is 22.9. The Kier molecular flexibility index (Phi) is 7.41. The highest BCUT2D eigenvalue weighted by Gasteiger charge is 2.34. The van der Waals surface area contributed by atoms with Crippen LogP contribution in [0.4, 0.5) is 8.78 Å². The number of ether oxygens (including phenoxy) is 1. The lowest BCUT2D eigenvalue weighted by Gasteiger charge is -2.33. The Morgan fingerprint density at radius 2 is 1.81 bits per heavy atom. The van der Waals surface area contributed by atoms with Gasteiger partial charge < -0.3 is 15.6 Å². The van der Waals surface area contributed by atoms with Crippen LogP contribution in [-0.2, 0) is 9.53 Å². The molecule has 0 bridgehead atoms. The van der Waals surface area contributed by atoms with Gasteiger partial charge in [-0.2, -0.15) is 5.10 Å². The van der Waals surface area contributed by atoms with E-state index in [0.717, 1.165) is 18.2 Å². The van der Waals surface area contributed by atoms with Gasteiger partial charge in [-0.1, -0.05) is 20.8 Å². The average molecular weight is 386 g/mol. The van der Waals surface area contributed by atoms with Crippen molar-refractivity contribution in [2.75, 3.05) is 0 Å². The quantitative estimate of drug-likeness (QED) is 0.258. The number of aliphatic hydroxyl groups is 1. The monoisotopic (exact) mass is 386 g/mol. The minimum absolute atomic E-state index is 0.272. The van der Waals surface area contributed by atoms with Crippen molar-refractivity contribution in [1.29, 1.82) is 0 Å². The fourth-order valence-electron chi connectivity index (χ4n) is 2.16. The molecule has 7 nitrogen and oxygen atoms in total. The van der Waals surface area contributed by atoms with Gasteiger partial charge in [0.15, 0.2) is 5.84 Å². The van der Waals surface area contributed by atoms with Crippen LogP contribution in [0.1, 0.15) is 47.1 Å². The molecule has 0 aliphatic carbocycles. The number of hydrogen-bond donors (Lipinski definition) is 4. The Labute approximate surface area is 158 Å². The van der Waals surface area contributed by atoms with Crippen LogP contribution < -0.4 is 16.5 Å². The van der Waals surface area contributed by atoms with Crippen molar-refractivity contribution in [2.45, 2.75) is 59.6 Å². The molecule has 0 radical (unpaired) electrons. The number of amidine groups is 1. The van der Waals surface area contributed by atoms with E-state index in [2.05, 4.69) is 15.8 Å². The van der Waals surface area contributed by atoms with E-state index in [1.54, 1.807) is 41.5 Å². The van der Waals surface area contributed by atoms with Crippen molar-refractivity contribution in [3.63, 3.8) is 0 Å². The predicted molar refractivity (Wildman–Crippen MR) is 98.4 cm³/mol. The van der Waals surface area contributed by atoms with Crippen molar-refractivity contribution in [1.82, 2.24) is 10.7 Å². The zero-order valence-corrected chi connectivity index (χ0v) is 16.4. The van der Waals surface area contributed by atoms with Crippen molar-refractivity contribution < 1.29 is 23.4 Å². The van der Waals surface area contributed by atoms with Crippen molar-refractivity contribution >= 4 is 11.7 Å². The van der Waals surface area contributed by atoms with Gasteiger partial charge in [0, 0.05) is 0 Å². The molecule has 9 heteroatoms. The molecule has 0 aliphatic heterocycles. The molecule has 0 saturated carbocycles. The van der Waals surface area contributed by atoms with Gasteiger partial charge in [-0.05, 0) is 44.4 Å². The van der Waals surface area contributed by atoms with Gasteiger partial charge in [0.25, 0.3) is 5.91 Å². The van der Waals surface area contributed by atoms with Crippen LogP contribution in [0, 0.1) is 17.0 Å². The van der Waals surface area contributed by atoms with Gasteiger partial charge in [-0.15, -0.1) is 0 Å². The van der Waals surface area contributed by atoms with Gasteiger partial charge in [0.05, 0.1) is 17.2 Å². The summed E-state index contributed by atoms with van der Waals surface area (Å²) in [6.07, 6.45) is -1.40. The largest absolute Gasteiger partial charge is 0.382 e. The topological polar surface area (TPSA) is 109 Å². The first-order valence-electron chi connectivity index (χ1n) is 8.41. The number of aliphatic hydroxyl groups excluding tert-OH is 1. The smallest absolute Gasteiger partial charge is 0.257 e. The average Bonchev–Trinajstić information content (AvgIpc) is 2.49. The standard InChI is InChI=1S/C18H28F2N4O3/c1-17(2,3)13(22-16(26)27-18(4,5)6)15(25)24-23-14(21)11-9-10(19)7-8-12(11)20/h7-9,13,16,22,26H,1-6H3,(H2,21,23)(H,24,25). The third kappa shape index (κ3) is 7.58. The van der Waals surface area contributed by atoms with E-state index in [4.69, 9.17) is 10.5 Å². The zero-order valence-electron chi connectivity index (χ0n) is 16.4. The molecule has 152 valence electrons. The van der Waals surface area contributed by atoms with Crippen LogP contribution in [0.25, 0.3) is 0 Å². The van der Waals surface area contributed by atoms with Crippen LogP contribution in [0.3, 0.4) is 0 Å². The van der Waals surface area contributed by atoms with E-state index in [1.807, 2.05) is 0 Å².